The van der Waals surface area contributed by atoms with Crippen molar-refractivity contribution in [3.05, 3.63) is 33.8 Å². The van der Waals surface area contributed by atoms with Crippen LogP contribution in [-0.4, -0.2) is 62.5 Å². The van der Waals surface area contributed by atoms with Crippen molar-refractivity contribution in [2.75, 3.05) is 0 Å². The predicted molar refractivity (Wildman–Crippen MR) is 50.6 cm³/mol. The molecule has 5 heteroatoms. The molecule has 12 heavy (non-hydrogen) atoms. The van der Waals surface area contributed by atoms with Crippen molar-refractivity contribution in [3.8, 4) is 0 Å². The summed E-state index contributed by atoms with van der Waals surface area (Å²) >= 11 is 11.1. The molecule has 0 spiro atoms. The third kappa shape index (κ3) is 3.34. The molecule has 0 heterocycles. The van der Waals surface area contributed by atoms with E-state index in [0.29, 0.717) is 5.02 Å². The molecular weight excluding hydrogens is 226 g/mol. The molecule has 0 fully saturated rings. The number of hydrogen-bond acceptors (Lipinski definition) is 1. The molecular formula is C7H5Cl2KO2. The third-order valence-corrected chi connectivity index (χ3v) is 1.91. The molecule has 60 valence electrons. The summed E-state index contributed by atoms with van der Waals surface area (Å²) < 4.78 is 0. The van der Waals surface area contributed by atoms with E-state index in [9.17, 15) is 4.79 Å². The van der Waals surface area contributed by atoms with Crippen LogP contribution in [0.3, 0.4) is 0 Å². The van der Waals surface area contributed by atoms with E-state index in [1.165, 1.54) is 18.2 Å². The standard InChI is InChI=1S/C7H4Cl2O2.K.H/c8-5-2-1-4(7(10)11)3-6(5)9;;/h1-3H,(H,10,11);;. The topological polar surface area (TPSA) is 37.3 Å². The second-order valence-corrected chi connectivity index (χ2v) is 2.75. The molecule has 0 aliphatic heterocycles. The Morgan fingerprint density at radius 3 is 2.25 bits per heavy atom. The first-order chi connectivity index (χ1) is 5.11. The Labute approximate surface area is 122 Å². The van der Waals surface area contributed by atoms with Gasteiger partial charge in [0.25, 0.3) is 0 Å². The Kier molecular flexibility index (Phi) is 6.02. The summed E-state index contributed by atoms with van der Waals surface area (Å²) in [4.78, 5) is 10.4. The van der Waals surface area contributed by atoms with Crippen LogP contribution in [0.2, 0.25) is 10.0 Å². The molecule has 0 bridgehead atoms. The number of halogens is 2. The van der Waals surface area contributed by atoms with Gasteiger partial charge in [0, 0.05) is 0 Å². The molecule has 0 aliphatic carbocycles. The molecule has 1 N–H and O–H groups in total. The number of carboxylic acid groups (broad SMARTS) is 1. The molecule has 0 amide bonds. The molecule has 1 aromatic carbocycles. The average molecular weight is 231 g/mol. The zero-order valence-electron chi connectivity index (χ0n) is 5.34. The Bertz CT molecular complexity index is 301. The van der Waals surface area contributed by atoms with Crippen molar-refractivity contribution in [2.24, 2.45) is 0 Å². The fraction of sp³-hybridized carbons (Fsp3) is 0. The van der Waals surface area contributed by atoms with Crippen LogP contribution in [0.4, 0.5) is 0 Å². The van der Waals surface area contributed by atoms with E-state index in [1.54, 1.807) is 0 Å². The van der Waals surface area contributed by atoms with Gasteiger partial charge in [0.1, 0.15) is 0 Å². The minimum absolute atomic E-state index is 0. The molecule has 0 atom stereocenters. The van der Waals surface area contributed by atoms with Crippen LogP contribution in [-0.2, 0) is 0 Å². The van der Waals surface area contributed by atoms with Crippen LogP contribution < -0.4 is 0 Å². The van der Waals surface area contributed by atoms with Crippen LogP contribution >= 0.6 is 23.2 Å². The number of carbonyl (C=O) groups is 1. The van der Waals surface area contributed by atoms with Crippen LogP contribution in [0.5, 0.6) is 0 Å². The van der Waals surface area contributed by atoms with E-state index in [2.05, 4.69) is 0 Å². The van der Waals surface area contributed by atoms with Crippen molar-refractivity contribution < 1.29 is 9.90 Å². The minimum atomic E-state index is -1.01. The van der Waals surface area contributed by atoms with Gasteiger partial charge in [-0.15, -0.1) is 0 Å². The number of benzene rings is 1. The monoisotopic (exact) mass is 230 g/mol. The summed E-state index contributed by atoms with van der Waals surface area (Å²) in [6.45, 7) is 0. The molecule has 0 saturated carbocycles. The van der Waals surface area contributed by atoms with Gasteiger partial charge in [0.05, 0.1) is 15.6 Å². The van der Waals surface area contributed by atoms with Gasteiger partial charge in [-0.2, -0.15) is 0 Å². The zero-order valence-corrected chi connectivity index (χ0v) is 6.86. The van der Waals surface area contributed by atoms with Gasteiger partial charge in [-0.25, -0.2) is 4.79 Å². The van der Waals surface area contributed by atoms with Crippen molar-refractivity contribution >= 4 is 80.6 Å². The fourth-order valence-corrected chi connectivity index (χ4v) is 0.927. The first kappa shape index (κ1) is 12.9. The Morgan fingerprint density at radius 1 is 1.25 bits per heavy atom. The van der Waals surface area contributed by atoms with E-state index < -0.39 is 5.97 Å². The Balaban J connectivity index is 0.00000121. The van der Waals surface area contributed by atoms with Gasteiger partial charge < -0.3 is 5.11 Å². The summed E-state index contributed by atoms with van der Waals surface area (Å²) in [5.74, 6) is -1.01. The first-order valence-corrected chi connectivity index (χ1v) is 3.55. The van der Waals surface area contributed by atoms with E-state index in [1.807, 2.05) is 0 Å². The van der Waals surface area contributed by atoms with Crippen molar-refractivity contribution in [1.82, 2.24) is 0 Å². The van der Waals surface area contributed by atoms with Crippen LogP contribution in [0, 0.1) is 0 Å². The Morgan fingerprint density at radius 2 is 1.83 bits per heavy atom. The normalized spacial score (nSPS) is 8.83. The van der Waals surface area contributed by atoms with E-state index in [4.69, 9.17) is 28.3 Å². The summed E-state index contributed by atoms with van der Waals surface area (Å²) in [5, 5.41) is 9.11. The Hall–Kier alpha value is 0.906. The van der Waals surface area contributed by atoms with Gasteiger partial charge in [-0.1, -0.05) is 23.2 Å². The second kappa shape index (κ2) is 5.60. The van der Waals surface area contributed by atoms with Gasteiger partial charge in [0.15, 0.2) is 0 Å². The van der Waals surface area contributed by atoms with Crippen LogP contribution in [0.15, 0.2) is 18.2 Å². The molecule has 0 saturated heterocycles. The van der Waals surface area contributed by atoms with Gasteiger partial charge in [-0.05, 0) is 18.2 Å². The van der Waals surface area contributed by atoms with Crippen molar-refractivity contribution in [3.63, 3.8) is 0 Å². The number of rotatable bonds is 1. The second-order valence-electron chi connectivity index (χ2n) is 1.93. The SMILES string of the molecule is O=C(O)c1ccc(Cl)c(Cl)c1.[KH]. The quantitative estimate of drug-likeness (QED) is 0.751. The fourth-order valence-electron chi connectivity index (χ4n) is 0.629. The summed E-state index contributed by atoms with van der Waals surface area (Å²) in [6.07, 6.45) is 0. The maximum atomic E-state index is 10.4. The van der Waals surface area contributed by atoms with E-state index in [0.717, 1.165) is 0 Å². The first-order valence-electron chi connectivity index (χ1n) is 2.79. The number of hydrogen-bond donors (Lipinski definition) is 1. The molecule has 0 aliphatic rings. The summed E-state index contributed by atoms with van der Waals surface area (Å²) in [6, 6.07) is 4.16. The average Bonchev–Trinajstić information content (AvgIpc) is 1.94. The maximum absolute atomic E-state index is 10.4. The predicted octanol–water partition coefficient (Wildman–Crippen LogP) is 2.04. The molecule has 1 rings (SSSR count). The number of aromatic carboxylic acids is 1. The molecule has 0 aromatic heterocycles. The molecule has 1 aromatic rings. The van der Waals surface area contributed by atoms with Gasteiger partial charge in [-0.3, -0.25) is 0 Å². The van der Waals surface area contributed by atoms with Crippen molar-refractivity contribution in [2.45, 2.75) is 0 Å². The van der Waals surface area contributed by atoms with E-state index in [-0.39, 0.29) is 62.0 Å². The molecule has 2 nitrogen and oxygen atoms in total. The van der Waals surface area contributed by atoms with Crippen molar-refractivity contribution in [1.29, 1.82) is 0 Å². The molecule has 0 radical (unpaired) electrons. The third-order valence-electron chi connectivity index (χ3n) is 1.17. The summed E-state index contributed by atoms with van der Waals surface area (Å²) in [7, 11) is 0. The van der Waals surface area contributed by atoms with Gasteiger partial charge >= 0.3 is 57.4 Å². The summed E-state index contributed by atoms with van der Waals surface area (Å²) in [5.41, 5.74) is 0.138. The van der Waals surface area contributed by atoms with E-state index >= 15 is 0 Å². The van der Waals surface area contributed by atoms with Crippen LogP contribution in [0.25, 0.3) is 0 Å². The van der Waals surface area contributed by atoms with Crippen LogP contribution in [0.1, 0.15) is 10.4 Å². The number of carboxylic acids is 1. The zero-order chi connectivity index (χ0) is 8.43. The van der Waals surface area contributed by atoms with Gasteiger partial charge in [0.2, 0.25) is 0 Å². The molecule has 0 unspecified atom stereocenters.